The van der Waals surface area contributed by atoms with Crippen molar-refractivity contribution in [2.24, 2.45) is 4.99 Å². The molecular weight excluding hydrogens is 365 g/mol. The maximum absolute atomic E-state index is 5.12. The average molecular weight is 391 g/mol. The molecule has 0 heterocycles. The number of benzene rings is 1. The van der Waals surface area contributed by atoms with E-state index in [0.717, 1.165) is 12.5 Å². The number of hydrogen-bond acceptors (Lipinski definition) is 2. The number of hydrogen-bond donors (Lipinski definition) is 2. The lowest BCUT2D eigenvalue weighted by atomic mass is 10.1. The molecule has 1 unspecified atom stereocenters. The molecule has 1 rings (SSSR count). The van der Waals surface area contributed by atoms with Crippen LogP contribution >= 0.6 is 24.0 Å². The lowest BCUT2D eigenvalue weighted by Crippen LogP contribution is -2.43. The smallest absolute Gasteiger partial charge is 0.191 e. The van der Waals surface area contributed by atoms with Gasteiger partial charge < -0.3 is 15.4 Å². The van der Waals surface area contributed by atoms with E-state index >= 15 is 0 Å². The van der Waals surface area contributed by atoms with Crippen molar-refractivity contribution in [1.29, 1.82) is 0 Å². The molecule has 0 radical (unpaired) electrons. The van der Waals surface area contributed by atoms with Crippen molar-refractivity contribution in [2.75, 3.05) is 20.3 Å². The monoisotopic (exact) mass is 391 g/mol. The fourth-order valence-electron chi connectivity index (χ4n) is 1.83. The molecule has 0 amide bonds. The Kier molecular flexibility index (Phi) is 10.5. The summed E-state index contributed by atoms with van der Waals surface area (Å²) < 4.78 is 5.12. The van der Waals surface area contributed by atoms with Crippen LogP contribution in [0.4, 0.5) is 0 Å². The first-order valence-electron chi connectivity index (χ1n) is 6.75. The summed E-state index contributed by atoms with van der Waals surface area (Å²) in [5.74, 6) is 0.827. The first kappa shape index (κ1) is 19.2. The van der Waals surface area contributed by atoms with E-state index in [-0.39, 0.29) is 30.0 Å². The second-order valence-electron chi connectivity index (χ2n) is 4.68. The van der Waals surface area contributed by atoms with Crippen LogP contribution in [0.2, 0.25) is 0 Å². The highest BCUT2D eigenvalue weighted by Crippen LogP contribution is 2.05. The lowest BCUT2D eigenvalue weighted by Gasteiger charge is -2.17. The number of guanidine groups is 1. The van der Waals surface area contributed by atoms with E-state index in [2.05, 4.69) is 60.7 Å². The van der Waals surface area contributed by atoms with Gasteiger partial charge in [0.1, 0.15) is 0 Å². The minimum absolute atomic E-state index is 0. The number of aliphatic imine (C=N–C) groups is 1. The average Bonchev–Trinajstić information content (AvgIpc) is 2.36. The van der Waals surface area contributed by atoms with Crippen LogP contribution < -0.4 is 10.6 Å². The van der Waals surface area contributed by atoms with E-state index in [1.807, 2.05) is 0 Å². The predicted octanol–water partition coefficient (Wildman–Crippen LogP) is 2.70. The third kappa shape index (κ3) is 7.69. The van der Waals surface area contributed by atoms with Crippen LogP contribution in [0.5, 0.6) is 0 Å². The molecule has 0 saturated carbocycles. The van der Waals surface area contributed by atoms with Gasteiger partial charge in [0.05, 0.1) is 13.2 Å². The van der Waals surface area contributed by atoms with Gasteiger partial charge in [-0.1, -0.05) is 29.8 Å². The van der Waals surface area contributed by atoms with Gasteiger partial charge in [0, 0.05) is 19.7 Å². The van der Waals surface area contributed by atoms with Crippen molar-refractivity contribution in [3.63, 3.8) is 0 Å². The lowest BCUT2D eigenvalue weighted by molar-refractivity contribution is 0.179. The van der Waals surface area contributed by atoms with Crippen LogP contribution in [0.1, 0.15) is 25.0 Å². The van der Waals surface area contributed by atoms with Crippen molar-refractivity contribution in [3.05, 3.63) is 35.4 Å². The fraction of sp³-hybridized carbons (Fsp3) is 0.533. The van der Waals surface area contributed by atoms with Gasteiger partial charge >= 0.3 is 0 Å². The first-order chi connectivity index (χ1) is 9.15. The van der Waals surface area contributed by atoms with Gasteiger partial charge in [-0.3, -0.25) is 0 Å². The van der Waals surface area contributed by atoms with Crippen molar-refractivity contribution >= 4 is 29.9 Å². The van der Waals surface area contributed by atoms with Gasteiger partial charge in [-0.2, -0.15) is 0 Å². The highest BCUT2D eigenvalue weighted by atomic mass is 127. The Hall–Kier alpha value is -0.820. The van der Waals surface area contributed by atoms with Crippen molar-refractivity contribution < 1.29 is 4.74 Å². The zero-order valence-electron chi connectivity index (χ0n) is 12.8. The number of nitrogens with one attached hydrogen (secondary N) is 2. The summed E-state index contributed by atoms with van der Waals surface area (Å²) in [6.45, 7) is 8.41. The Morgan fingerprint density at radius 1 is 1.40 bits per heavy atom. The normalized spacial score (nSPS) is 12.5. The van der Waals surface area contributed by atoms with Gasteiger partial charge in [-0.15, -0.1) is 24.0 Å². The molecule has 20 heavy (non-hydrogen) atoms. The van der Waals surface area contributed by atoms with E-state index in [1.165, 1.54) is 11.1 Å². The minimum Gasteiger partial charge on any atom is -0.383 e. The molecule has 0 saturated heterocycles. The molecule has 4 nitrogen and oxygen atoms in total. The van der Waals surface area contributed by atoms with E-state index in [1.54, 1.807) is 7.11 Å². The molecule has 0 aliphatic heterocycles. The van der Waals surface area contributed by atoms with E-state index in [9.17, 15) is 0 Å². The summed E-state index contributed by atoms with van der Waals surface area (Å²) in [6, 6.07) is 8.65. The fourth-order valence-corrected chi connectivity index (χ4v) is 1.83. The van der Waals surface area contributed by atoms with Gasteiger partial charge in [0.2, 0.25) is 0 Å². The number of ether oxygens (including phenoxy) is 1. The Bertz CT molecular complexity index is 410. The van der Waals surface area contributed by atoms with Crippen LogP contribution in [0.25, 0.3) is 0 Å². The largest absolute Gasteiger partial charge is 0.383 e. The highest BCUT2D eigenvalue weighted by molar-refractivity contribution is 14.0. The third-order valence-electron chi connectivity index (χ3n) is 2.65. The highest BCUT2D eigenvalue weighted by Gasteiger charge is 2.04. The topological polar surface area (TPSA) is 45.7 Å². The van der Waals surface area contributed by atoms with Crippen LogP contribution in [0.3, 0.4) is 0 Å². The van der Waals surface area contributed by atoms with Gasteiger partial charge in [-0.05, 0) is 26.3 Å². The molecule has 1 aromatic rings. The van der Waals surface area contributed by atoms with Crippen LogP contribution in [-0.2, 0) is 11.3 Å². The van der Waals surface area contributed by atoms with E-state index in [0.29, 0.717) is 13.2 Å². The molecular formula is C15H26IN3O. The zero-order valence-corrected chi connectivity index (χ0v) is 15.1. The number of halogens is 1. The number of aryl methyl sites for hydroxylation is 1. The molecule has 114 valence electrons. The second-order valence-corrected chi connectivity index (χ2v) is 4.68. The maximum atomic E-state index is 5.12. The molecule has 0 fully saturated rings. The van der Waals surface area contributed by atoms with Gasteiger partial charge in [-0.25, -0.2) is 4.99 Å². The molecule has 5 heteroatoms. The van der Waals surface area contributed by atoms with Crippen molar-refractivity contribution in [2.45, 2.75) is 33.4 Å². The molecule has 0 aliphatic carbocycles. The molecule has 0 aromatic heterocycles. The molecule has 1 atom stereocenters. The van der Waals surface area contributed by atoms with Gasteiger partial charge in [0.15, 0.2) is 5.96 Å². The van der Waals surface area contributed by atoms with E-state index < -0.39 is 0 Å². The summed E-state index contributed by atoms with van der Waals surface area (Å²) in [6.07, 6.45) is 0. The Labute approximate surface area is 139 Å². The van der Waals surface area contributed by atoms with Crippen LogP contribution in [0, 0.1) is 6.92 Å². The second kappa shape index (κ2) is 10.9. The molecule has 0 spiro atoms. The molecule has 2 N–H and O–H groups in total. The summed E-state index contributed by atoms with van der Waals surface area (Å²) >= 11 is 0. The van der Waals surface area contributed by atoms with E-state index in [4.69, 9.17) is 4.74 Å². The Balaban J connectivity index is 0.00000361. The molecule has 0 aliphatic rings. The van der Waals surface area contributed by atoms with Crippen molar-refractivity contribution in [1.82, 2.24) is 10.6 Å². The number of methoxy groups -OCH3 is 1. The SMILES string of the molecule is CCNC(=NCc1cccc(C)c1)NC(C)COC.I. The Morgan fingerprint density at radius 3 is 2.75 bits per heavy atom. The van der Waals surface area contributed by atoms with Gasteiger partial charge in [0.25, 0.3) is 0 Å². The maximum Gasteiger partial charge on any atom is 0.191 e. The predicted molar refractivity (Wildman–Crippen MR) is 95.9 cm³/mol. The van der Waals surface area contributed by atoms with Crippen LogP contribution in [0.15, 0.2) is 29.3 Å². The zero-order chi connectivity index (χ0) is 14.1. The van der Waals surface area contributed by atoms with Crippen molar-refractivity contribution in [3.8, 4) is 0 Å². The molecule has 0 bridgehead atoms. The first-order valence-corrected chi connectivity index (χ1v) is 6.75. The minimum atomic E-state index is 0. The number of nitrogens with zero attached hydrogens (tertiary/aromatic N) is 1. The third-order valence-corrected chi connectivity index (χ3v) is 2.65. The summed E-state index contributed by atoms with van der Waals surface area (Å²) in [5.41, 5.74) is 2.48. The quantitative estimate of drug-likeness (QED) is 0.445. The number of rotatable bonds is 6. The standard InChI is InChI=1S/C15H25N3O.HI/c1-5-16-15(18-13(3)11-19-4)17-10-14-8-6-7-12(2)9-14;/h6-9,13H,5,10-11H2,1-4H3,(H2,16,17,18);1H. The van der Waals surface area contributed by atoms with Crippen LogP contribution in [-0.4, -0.2) is 32.3 Å². The summed E-state index contributed by atoms with van der Waals surface area (Å²) in [7, 11) is 1.70. The summed E-state index contributed by atoms with van der Waals surface area (Å²) in [5, 5.41) is 6.56. The molecule has 1 aromatic carbocycles. The Morgan fingerprint density at radius 2 is 2.15 bits per heavy atom. The summed E-state index contributed by atoms with van der Waals surface area (Å²) in [4.78, 5) is 4.59.